The summed E-state index contributed by atoms with van der Waals surface area (Å²) in [5.41, 5.74) is 0. The molecule has 0 radical (unpaired) electrons. The van der Waals surface area contributed by atoms with E-state index in [2.05, 4.69) is 12.2 Å². The van der Waals surface area contributed by atoms with Crippen LogP contribution in [0.5, 0.6) is 0 Å². The highest BCUT2D eigenvalue weighted by molar-refractivity contribution is 5.97. The van der Waals surface area contributed by atoms with E-state index in [1.54, 1.807) is 4.90 Å². The minimum absolute atomic E-state index is 0.0907. The SMILES string of the molecule is CCCC(C)N1CC(C)C(=O)NC1=O. The zero-order chi connectivity index (χ0) is 10.7. The highest BCUT2D eigenvalue weighted by Gasteiger charge is 2.31. The van der Waals surface area contributed by atoms with Gasteiger partial charge < -0.3 is 4.90 Å². The number of nitrogens with one attached hydrogen (secondary N) is 1. The van der Waals surface area contributed by atoms with Gasteiger partial charge in [-0.1, -0.05) is 20.3 Å². The van der Waals surface area contributed by atoms with E-state index in [4.69, 9.17) is 0 Å². The molecule has 1 heterocycles. The molecule has 1 N–H and O–H groups in total. The highest BCUT2D eigenvalue weighted by atomic mass is 16.2. The Bertz CT molecular complexity index is 240. The van der Waals surface area contributed by atoms with Crippen LogP contribution in [0.15, 0.2) is 0 Å². The van der Waals surface area contributed by atoms with Crippen LogP contribution in [0.3, 0.4) is 0 Å². The first-order valence-corrected chi connectivity index (χ1v) is 5.17. The van der Waals surface area contributed by atoms with Crippen molar-refractivity contribution in [1.82, 2.24) is 10.2 Å². The van der Waals surface area contributed by atoms with Gasteiger partial charge in [-0.15, -0.1) is 0 Å². The fraction of sp³-hybridized carbons (Fsp3) is 0.800. The molecular weight excluding hydrogens is 180 g/mol. The van der Waals surface area contributed by atoms with Gasteiger partial charge in [0.2, 0.25) is 5.91 Å². The quantitative estimate of drug-likeness (QED) is 0.744. The van der Waals surface area contributed by atoms with Crippen molar-refractivity contribution < 1.29 is 9.59 Å². The predicted octanol–water partition coefficient (Wildman–Crippen LogP) is 1.36. The van der Waals surface area contributed by atoms with Gasteiger partial charge >= 0.3 is 6.03 Å². The van der Waals surface area contributed by atoms with Crippen molar-refractivity contribution in [2.45, 2.75) is 39.7 Å². The fourth-order valence-corrected chi connectivity index (χ4v) is 1.71. The number of carbonyl (C=O) groups is 2. The third-order valence-corrected chi connectivity index (χ3v) is 2.65. The second-order valence-electron chi connectivity index (χ2n) is 3.99. The molecule has 1 saturated heterocycles. The molecule has 4 nitrogen and oxygen atoms in total. The van der Waals surface area contributed by atoms with Crippen LogP contribution in [0.1, 0.15) is 33.6 Å². The highest BCUT2D eigenvalue weighted by Crippen LogP contribution is 2.13. The normalized spacial score (nSPS) is 24.8. The molecule has 1 rings (SSSR count). The van der Waals surface area contributed by atoms with Crippen LogP contribution in [-0.2, 0) is 4.79 Å². The Morgan fingerprint density at radius 2 is 2.21 bits per heavy atom. The number of hydrogen-bond donors (Lipinski definition) is 1. The molecule has 0 aromatic heterocycles. The van der Waals surface area contributed by atoms with Crippen molar-refractivity contribution in [3.63, 3.8) is 0 Å². The van der Waals surface area contributed by atoms with E-state index < -0.39 is 0 Å². The first-order valence-electron chi connectivity index (χ1n) is 5.17. The van der Waals surface area contributed by atoms with Gasteiger partial charge in [0, 0.05) is 12.6 Å². The second kappa shape index (κ2) is 4.44. The number of carbonyl (C=O) groups excluding carboxylic acids is 2. The lowest BCUT2D eigenvalue weighted by atomic mass is 10.1. The van der Waals surface area contributed by atoms with Gasteiger partial charge in [0.1, 0.15) is 0 Å². The van der Waals surface area contributed by atoms with Crippen LogP contribution in [0.25, 0.3) is 0 Å². The first-order chi connectivity index (χ1) is 6.56. The van der Waals surface area contributed by atoms with Crippen molar-refractivity contribution >= 4 is 11.9 Å². The Morgan fingerprint density at radius 1 is 1.57 bits per heavy atom. The summed E-state index contributed by atoms with van der Waals surface area (Å²) >= 11 is 0. The summed E-state index contributed by atoms with van der Waals surface area (Å²) < 4.78 is 0. The van der Waals surface area contributed by atoms with Gasteiger partial charge in [0.25, 0.3) is 0 Å². The van der Waals surface area contributed by atoms with Crippen LogP contribution in [0, 0.1) is 5.92 Å². The van der Waals surface area contributed by atoms with Crippen molar-refractivity contribution in [2.75, 3.05) is 6.54 Å². The molecule has 1 aliphatic heterocycles. The molecule has 1 fully saturated rings. The van der Waals surface area contributed by atoms with E-state index in [1.165, 1.54) is 0 Å². The molecule has 0 spiro atoms. The van der Waals surface area contributed by atoms with Crippen LogP contribution in [-0.4, -0.2) is 29.4 Å². The third kappa shape index (κ3) is 2.25. The Labute approximate surface area is 84.7 Å². The van der Waals surface area contributed by atoms with E-state index in [0.29, 0.717) is 6.54 Å². The maximum atomic E-state index is 11.5. The average molecular weight is 198 g/mol. The Kier molecular flexibility index (Phi) is 3.49. The molecule has 3 amide bonds. The van der Waals surface area contributed by atoms with E-state index in [1.807, 2.05) is 13.8 Å². The van der Waals surface area contributed by atoms with Crippen LogP contribution in [0.2, 0.25) is 0 Å². The molecule has 0 bridgehead atoms. The summed E-state index contributed by atoms with van der Waals surface area (Å²) in [5, 5.41) is 2.37. The molecule has 2 unspecified atom stereocenters. The minimum Gasteiger partial charge on any atom is -0.321 e. The van der Waals surface area contributed by atoms with Crippen molar-refractivity contribution in [3.8, 4) is 0 Å². The molecule has 2 atom stereocenters. The lowest BCUT2D eigenvalue weighted by Gasteiger charge is -2.34. The van der Waals surface area contributed by atoms with Crippen LogP contribution in [0.4, 0.5) is 4.79 Å². The van der Waals surface area contributed by atoms with Gasteiger partial charge in [-0.2, -0.15) is 0 Å². The molecule has 0 aromatic rings. The topological polar surface area (TPSA) is 49.4 Å². The van der Waals surface area contributed by atoms with Gasteiger partial charge in [0.05, 0.1) is 5.92 Å². The summed E-state index contributed by atoms with van der Waals surface area (Å²) in [6, 6.07) is -0.0235. The summed E-state index contributed by atoms with van der Waals surface area (Å²) in [7, 11) is 0. The van der Waals surface area contributed by atoms with Crippen LogP contribution >= 0.6 is 0 Å². The third-order valence-electron chi connectivity index (χ3n) is 2.65. The monoisotopic (exact) mass is 198 g/mol. The Balaban J connectivity index is 2.61. The summed E-state index contributed by atoms with van der Waals surface area (Å²) in [4.78, 5) is 24.4. The predicted molar refractivity (Wildman–Crippen MR) is 53.8 cm³/mol. The Morgan fingerprint density at radius 3 is 2.79 bits per heavy atom. The van der Waals surface area contributed by atoms with E-state index in [0.717, 1.165) is 12.8 Å². The number of nitrogens with zero attached hydrogens (tertiary/aromatic N) is 1. The van der Waals surface area contributed by atoms with Crippen molar-refractivity contribution in [2.24, 2.45) is 5.92 Å². The van der Waals surface area contributed by atoms with Gasteiger partial charge in [0.15, 0.2) is 0 Å². The zero-order valence-electron chi connectivity index (χ0n) is 9.04. The lowest BCUT2D eigenvalue weighted by molar-refractivity contribution is -0.125. The maximum Gasteiger partial charge on any atom is 0.324 e. The van der Waals surface area contributed by atoms with Crippen molar-refractivity contribution in [3.05, 3.63) is 0 Å². The summed E-state index contributed by atoms with van der Waals surface area (Å²) in [6.45, 7) is 6.50. The summed E-state index contributed by atoms with van der Waals surface area (Å²) in [5.74, 6) is -0.248. The molecule has 14 heavy (non-hydrogen) atoms. The van der Waals surface area contributed by atoms with Gasteiger partial charge in [-0.05, 0) is 13.3 Å². The van der Waals surface area contributed by atoms with Crippen molar-refractivity contribution in [1.29, 1.82) is 0 Å². The molecular formula is C10H18N2O2. The molecule has 1 aliphatic rings. The average Bonchev–Trinajstić information content (AvgIpc) is 2.11. The number of rotatable bonds is 3. The minimum atomic E-state index is -0.242. The zero-order valence-corrected chi connectivity index (χ0v) is 9.04. The van der Waals surface area contributed by atoms with E-state index in [9.17, 15) is 9.59 Å². The number of urea groups is 1. The molecule has 0 aromatic carbocycles. The summed E-state index contributed by atoms with van der Waals surface area (Å²) in [6.07, 6.45) is 2.03. The molecule has 80 valence electrons. The molecule has 0 aliphatic carbocycles. The number of imide groups is 1. The second-order valence-corrected chi connectivity index (χ2v) is 3.99. The fourth-order valence-electron chi connectivity index (χ4n) is 1.71. The largest absolute Gasteiger partial charge is 0.324 e. The van der Waals surface area contributed by atoms with Gasteiger partial charge in [-0.25, -0.2) is 4.79 Å². The maximum absolute atomic E-state index is 11.5. The van der Waals surface area contributed by atoms with Crippen LogP contribution < -0.4 is 5.32 Å². The first kappa shape index (κ1) is 11.0. The Hall–Kier alpha value is -1.06. The standard InChI is InChI=1S/C10H18N2O2/c1-4-5-8(3)12-6-7(2)9(13)11-10(12)14/h7-8H,4-6H2,1-3H3,(H,11,13,14). The molecule has 0 saturated carbocycles. The smallest absolute Gasteiger partial charge is 0.321 e. The van der Waals surface area contributed by atoms with Gasteiger partial charge in [-0.3, -0.25) is 10.1 Å². The number of hydrogen-bond acceptors (Lipinski definition) is 2. The van der Waals surface area contributed by atoms with E-state index in [-0.39, 0.29) is 23.9 Å². The number of amides is 3. The molecule has 4 heteroatoms. The van der Waals surface area contributed by atoms with E-state index >= 15 is 0 Å². The lowest BCUT2D eigenvalue weighted by Crippen LogP contribution is -2.56.